The average Bonchev–Trinajstić information content (AvgIpc) is 3.12. The molecule has 0 unspecified atom stereocenters. The Balaban J connectivity index is 3.08. The fourth-order valence-electron chi connectivity index (χ4n) is 8.50. The van der Waals surface area contributed by atoms with Crippen molar-refractivity contribution in [3.8, 4) is 0 Å². The molecule has 0 amide bonds. The van der Waals surface area contributed by atoms with Crippen LogP contribution in [0.5, 0.6) is 0 Å². The fourth-order valence-corrected chi connectivity index (χ4v) is 10.1. The number of hydrogen-bond acceptors (Lipinski definition) is 0. The number of halogens is 1. The molecule has 0 bridgehead atoms. The number of hydrogen-bond donors (Lipinski definition) is 0. The quantitative estimate of drug-likeness (QED) is 0.0426. The molecule has 0 aromatic rings. The van der Waals surface area contributed by atoms with Gasteiger partial charge in [0.25, 0.3) is 0 Å². The van der Waals surface area contributed by atoms with Gasteiger partial charge in [-0.15, -0.1) is 0 Å². The topological polar surface area (TPSA) is 0 Å². The van der Waals surface area contributed by atoms with E-state index in [0.717, 1.165) is 0 Å². The predicted octanol–water partition coefficient (Wildman–Crippen LogP) is 20.5. The van der Waals surface area contributed by atoms with Gasteiger partial charge in [0.1, 0.15) is 0 Å². The van der Waals surface area contributed by atoms with Crippen molar-refractivity contribution in [1.29, 1.82) is 0 Å². The van der Waals surface area contributed by atoms with Gasteiger partial charge in [-0.2, -0.15) is 0 Å². The van der Waals surface area contributed by atoms with Gasteiger partial charge in [0, 0.05) is 0 Å². The Morgan fingerprint density at radius 1 is 0.208 bits per heavy atom. The molecule has 0 N–H and O–H groups in total. The Hall–Kier alpha value is 0.720. The zero-order chi connectivity index (χ0) is 38.7. The number of rotatable bonds is 47. The molecule has 53 heavy (non-hydrogen) atoms. The van der Waals surface area contributed by atoms with Crippen LogP contribution in [0.15, 0.2) is 0 Å². The molecule has 0 aromatic heterocycles. The normalized spacial score (nSPS) is 12.8. The number of unbranched alkanes of at least 4 members (excludes halogenated alkanes) is 45. The van der Waals surface area contributed by atoms with E-state index in [1.54, 1.807) is 0 Å². The van der Waals surface area contributed by atoms with E-state index in [0.29, 0.717) is 0 Å². The van der Waals surface area contributed by atoms with Crippen LogP contribution in [0.25, 0.3) is 0 Å². The third-order valence-electron chi connectivity index (χ3n) is 12.3. The van der Waals surface area contributed by atoms with Crippen molar-refractivity contribution < 1.29 is 0 Å². The SMILES string of the molecule is CCCCCCCCCCCCCCCCCCCCCCCCCCCCCCCCCCCCCCCCCCCCCCCCP(C)(C)(C)Cl. The first kappa shape index (κ1) is 53.7. The van der Waals surface area contributed by atoms with E-state index in [1.807, 2.05) is 0 Å². The van der Waals surface area contributed by atoms with Gasteiger partial charge in [0.15, 0.2) is 0 Å². The van der Waals surface area contributed by atoms with Crippen molar-refractivity contribution in [3.05, 3.63) is 0 Å². The Kier molecular flexibility index (Phi) is 42.9. The molecule has 0 fully saturated rings. The van der Waals surface area contributed by atoms with Gasteiger partial charge in [-0.1, -0.05) is 232 Å². The van der Waals surface area contributed by atoms with Crippen LogP contribution in [0.3, 0.4) is 0 Å². The van der Waals surface area contributed by atoms with Gasteiger partial charge in [0.05, 0.1) is 0 Å². The van der Waals surface area contributed by atoms with Crippen molar-refractivity contribution in [2.45, 2.75) is 302 Å². The van der Waals surface area contributed by atoms with Crippen LogP contribution in [0.2, 0.25) is 0 Å². The van der Waals surface area contributed by atoms with Gasteiger partial charge in [-0.05, 0) is 0 Å². The molecular formula is C51H106ClP. The summed E-state index contributed by atoms with van der Waals surface area (Å²) >= 11 is 6.66. The summed E-state index contributed by atoms with van der Waals surface area (Å²) in [4.78, 5) is 0. The molecule has 0 radical (unpaired) electrons. The van der Waals surface area contributed by atoms with E-state index in [-0.39, 0.29) is 0 Å². The molecule has 0 nitrogen and oxygen atoms in total. The van der Waals surface area contributed by atoms with Crippen LogP contribution in [-0.2, 0) is 0 Å². The van der Waals surface area contributed by atoms with E-state index >= 15 is 0 Å². The van der Waals surface area contributed by atoms with Crippen molar-refractivity contribution in [3.63, 3.8) is 0 Å². The van der Waals surface area contributed by atoms with Crippen molar-refractivity contribution in [1.82, 2.24) is 0 Å². The first-order valence-electron chi connectivity index (χ1n) is 25.5. The van der Waals surface area contributed by atoms with E-state index in [1.165, 1.54) is 302 Å². The van der Waals surface area contributed by atoms with Crippen molar-refractivity contribution in [2.24, 2.45) is 0 Å². The van der Waals surface area contributed by atoms with Crippen LogP contribution < -0.4 is 0 Å². The van der Waals surface area contributed by atoms with Gasteiger partial charge < -0.3 is 0 Å². The second-order valence-corrected chi connectivity index (χ2v) is 29.6. The summed E-state index contributed by atoms with van der Waals surface area (Å²) in [6.07, 6.45) is 69.2. The van der Waals surface area contributed by atoms with Crippen LogP contribution in [0, 0.1) is 0 Å². The van der Waals surface area contributed by atoms with Crippen LogP contribution in [0.4, 0.5) is 0 Å². The zero-order valence-electron chi connectivity index (χ0n) is 38.1. The van der Waals surface area contributed by atoms with Crippen LogP contribution in [-0.4, -0.2) is 26.2 Å². The molecule has 322 valence electrons. The van der Waals surface area contributed by atoms with Crippen molar-refractivity contribution >= 4 is 17.2 Å². The summed E-state index contributed by atoms with van der Waals surface area (Å²) in [6.45, 7) is 9.19. The summed E-state index contributed by atoms with van der Waals surface area (Å²) in [5, 5.41) is 0. The third kappa shape index (κ3) is 52.7. The minimum absolute atomic E-state index is 1.26. The Bertz CT molecular complexity index is 656. The minimum atomic E-state index is -1.77. The third-order valence-corrected chi connectivity index (χ3v) is 14.6. The average molecular weight is 786 g/mol. The second kappa shape index (κ2) is 42.3. The maximum absolute atomic E-state index is 6.66. The van der Waals surface area contributed by atoms with E-state index in [2.05, 4.69) is 26.9 Å². The standard InChI is InChI=1S/C51H106ClP/c1-5-6-7-8-9-10-11-12-13-14-15-16-17-18-19-20-21-22-23-24-25-26-27-28-29-30-31-32-33-34-35-36-37-38-39-40-41-42-43-44-45-46-47-48-49-50-51-53(2,3,4)52/h5-51H2,1-4H3. The first-order chi connectivity index (χ1) is 25.8. The van der Waals surface area contributed by atoms with Gasteiger partial charge in [-0.25, -0.2) is 0 Å². The first-order valence-corrected chi connectivity index (χ1v) is 30.2. The molecule has 0 aliphatic carbocycles. The summed E-state index contributed by atoms with van der Waals surface area (Å²) in [5.41, 5.74) is 0. The fraction of sp³-hybridized carbons (Fsp3) is 1.00. The Morgan fingerprint density at radius 2 is 0.321 bits per heavy atom. The molecule has 0 aromatic carbocycles. The van der Waals surface area contributed by atoms with Crippen molar-refractivity contribution in [2.75, 3.05) is 26.2 Å². The summed E-state index contributed by atoms with van der Waals surface area (Å²) in [7, 11) is 0. The van der Waals surface area contributed by atoms with E-state index in [4.69, 9.17) is 11.2 Å². The molecule has 0 rings (SSSR count). The second-order valence-electron chi connectivity index (χ2n) is 19.6. The molecule has 0 saturated carbocycles. The maximum atomic E-state index is 6.66. The van der Waals surface area contributed by atoms with E-state index in [9.17, 15) is 0 Å². The van der Waals surface area contributed by atoms with Gasteiger partial charge in [0.2, 0.25) is 0 Å². The molecule has 0 aliphatic heterocycles. The molecule has 2 heteroatoms. The Morgan fingerprint density at radius 3 is 0.434 bits per heavy atom. The molecule has 0 atom stereocenters. The zero-order valence-corrected chi connectivity index (χ0v) is 39.7. The molecule has 0 aliphatic rings. The molecular weight excluding hydrogens is 679 g/mol. The van der Waals surface area contributed by atoms with Crippen LogP contribution >= 0.6 is 17.2 Å². The monoisotopic (exact) mass is 785 g/mol. The summed E-state index contributed by atoms with van der Waals surface area (Å²) in [5.74, 6) is -1.77. The van der Waals surface area contributed by atoms with Crippen LogP contribution in [0.1, 0.15) is 302 Å². The van der Waals surface area contributed by atoms with E-state index < -0.39 is 5.96 Å². The van der Waals surface area contributed by atoms with Gasteiger partial charge >= 0.3 is 114 Å². The summed E-state index contributed by atoms with van der Waals surface area (Å²) < 4.78 is 0. The molecule has 0 saturated heterocycles. The summed E-state index contributed by atoms with van der Waals surface area (Å²) in [6, 6.07) is 0. The molecule has 0 spiro atoms. The Labute approximate surface area is 344 Å². The van der Waals surface area contributed by atoms with Gasteiger partial charge in [-0.3, -0.25) is 0 Å². The molecule has 0 heterocycles. The predicted molar refractivity (Wildman–Crippen MR) is 253 cm³/mol.